The molecule has 20 heavy (non-hydrogen) atoms. The number of rotatable bonds is 5. The molecule has 0 atom stereocenters. The Labute approximate surface area is 126 Å². The van der Waals surface area contributed by atoms with Gasteiger partial charge in [-0.05, 0) is 24.6 Å². The normalized spacial score (nSPS) is 10.3. The van der Waals surface area contributed by atoms with Crippen LogP contribution in [0.15, 0.2) is 28.6 Å². The summed E-state index contributed by atoms with van der Waals surface area (Å²) >= 11 is 2.85. The van der Waals surface area contributed by atoms with E-state index in [1.807, 2.05) is 31.2 Å². The van der Waals surface area contributed by atoms with Crippen molar-refractivity contribution >= 4 is 39.8 Å². The maximum atomic E-state index is 11.5. The number of nitrogens with one attached hydrogen (secondary N) is 1. The highest BCUT2D eigenvalue weighted by Crippen LogP contribution is 2.27. The van der Waals surface area contributed by atoms with Crippen LogP contribution >= 0.6 is 23.1 Å². The molecule has 1 amide bonds. The first-order valence-corrected chi connectivity index (χ1v) is 7.85. The topological polar surface area (TPSA) is 58.1 Å². The fourth-order valence-corrected chi connectivity index (χ4v) is 3.17. The van der Waals surface area contributed by atoms with Gasteiger partial charge >= 0.3 is 0 Å². The van der Waals surface area contributed by atoms with Crippen molar-refractivity contribution in [1.29, 1.82) is 0 Å². The van der Waals surface area contributed by atoms with Crippen molar-refractivity contribution in [3.8, 4) is 0 Å². The molecule has 106 valence electrons. The average Bonchev–Trinajstić information content (AvgIpc) is 2.83. The van der Waals surface area contributed by atoms with Crippen molar-refractivity contribution in [2.75, 3.05) is 25.2 Å². The smallest absolute Gasteiger partial charge is 0.232 e. The van der Waals surface area contributed by atoms with Gasteiger partial charge < -0.3 is 10.2 Å². The molecule has 0 saturated heterocycles. The monoisotopic (exact) mass is 308 g/mol. The maximum Gasteiger partial charge on any atom is 0.232 e. The van der Waals surface area contributed by atoms with E-state index in [4.69, 9.17) is 0 Å². The predicted molar refractivity (Wildman–Crippen MR) is 83.8 cm³/mol. The summed E-state index contributed by atoms with van der Waals surface area (Å²) in [5.74, 6) is 0.449. The zero-order chi connectivity index (χ0) is 14.5. The number of anilines is 2. The van der Waals surface area contributed by atoms with Crippen molar-refractivity contribution in [3.63, 3.8) is 0 Å². The molecule has 1 aromatic heterocycles. The Kier molecular flexibility index (Phi) is 4.97. The largest absolute Gasteiger partial charge is 0.348 e. The molecule has 0 radical (unpaired) electrons. The average molecular weight is 308 g/mol. The zero-order valence-corrected chi connectivity index (χ0v) is 13.2. The van der Waals surface area contributed by atoms with Crippen LogP contribution < -0.4 is 5.32 Å². The Morgan fingerprint density at radius 1 is 1.40 bits per heavy atom. The lowest BCUT2D eigenvalue weighted by atomic mass is 10.2. The molecular weight excluding hydrogens is 292 g/mol. The second kappa shape index (κ2) is 6.71. The molecule has 1 N–H and O–H groups in total. The standard InChI is InChI=1S/C13H16N4OS2/c1-9-5-4-6-10(7-9)14-12-15-16-13(20-12)19-8-11(18)17(2)3/h4-7H,8H2,1-3H3,(H,14,15). The van der Waals surface area contributed by atoms with Gasteiger partial charge in [0.2, 0.25) is 11.0 Å². The number of amides is 1. The lowest BCUT2D eigenvalue weighted by molar-refractivity contribution is -0.125. The highest BCUT2D eigenvalue weighted by molar-refractivity contribution is 8.01. The molecule has 0 spiro atoms. The van der Waals surface area contributed by atoms with Gasteiger partial charge in [-0.15, -0.1) is 10.2 Å². The molecule has 0 aliphatic heterocycles. The summed E-state index contributed by atoms with van der Waals surface area (Å²) in [6, 6.07) is 8.06. The minimum Gasteiger partial charge on any atom is -0.348 e. The van der Waals surface area contributed by atoms with E-state index in [1.54, 1.807) is 19.0 Å². The number of nitrogens with zero attached hydrogens (tertiary/aromatic N) is 3. The molecule has 7 heteroatoms. The van der Waals surface area contributed by atoms with Crippen LogP contribution in [0.4, 0.5) is 10.8 Å². The number of aryl methyl sites for hydroxylation is 1. The fourth-order valence-electron chi connectivity index (χ4n) is 1.42. The second-order valence-electron chi connectivity index (χ2n) is 4.44. The van der Waals surface area contributed by atoms with Crippen molar-refractivity contribution < 1.29 is 4.79 Å². The minimum absolute atomic E-state index is 0.0680. The lowest BCUT2D eigenvalue weighted by Gasteiger charge is -2.07. The molecule has 0 aliphatic carbocycles. The summed E-state index contributed by atoms with van der Waals surface area (Å²) < 4.78 is 0.787. The van der Waals surface area contributed by atoms with Gasteiger partial charge in [-0.25, -0.2) is 0 Å². The molecule has 2 rings (SSSR count). The SMILES string of the molecule is Cc1cccc(Nc2nnc(SCC(=O)N(C)C)s2)c1. The van der Waals surface area contributed by atoms with Gasteiger partial charge in [0.1, 0.15) is 0 Å². The van der Waals surface area contributed by atoms with Crippen LogP contribution in [-0.2, 0) is 4.79 Å². The Hall–Kier alpha value is -1.60. The minimum atomic E-state index is 0.0680. The predicted octanol–water partition coefficient (Wildman–Crippen LogP) is 2.77. The molecule has 0 aliphatic rings. The quantitative estimate of drug-likeness (QED) is 0.861. The first-order chi connectivity index (χ1) is 9.54. The lowest BCUT2D eigenvalue weighted by Crippen LogP contribution is -2.23. The number of carbonyl (C=O) groups is 1. The van der Waals surface area contributed by atoms with Crippen molar-refractivity contribution in [3.05, 3.63) is 29.8 Å². The summed E-state index contributed by atoms with van der Waals surface area (Å²) in [6.07, 6.45) is 0. The van der Waals surface area contributed by atoms with Crippen LogP contribution in [0.1, 0.15) is 5.56 Å². The highest BCUT2D eigenvalue weighted by Gasteiger charge is 2.09. The Morgan fingerprint density at radius 3 is 2.90 bits per heavy atom. The van der Waals surface area contributed by atoms with E-state index in [0.717, 1.165) is 15.2 Å². The third-order valence-electron chi connectivity index (χ3n) is 2.49. The van der Waals surface area contributed by atoms with E-state index in [2.05, 4.69) is 15.5 Å². The van der Waals surface area contributed by atoms with Gasteiger partial charge in [-0.2, -0.15) is 0 Å². The van der Waals surface area contributed by atoms with Gasteiger partial charge in [0.25, 0.3) is 0 Å². The third kappa shape index (κ3) is 4.21. The van der Waals surface area contributed by atoms with Crippen molar-refractivity contribution in [2.24, 2.45) is 0 Å². The molecule has 2 aromatic rings. The molecule has 1 heterocycles. The number of thioether (sulfide) groups is 1. The Bertz CT molecular complexity index is 598. The van der Waals surface area contributed by atoms with E-state index in [9.17, 15) is 4.79 Å². The third-order valence-corrected chi connectivity index (χ3v) is 4.45. The van der Waals surface area contributed by atoms with E-state index >= 15 is 0 Å². The molecule has 1 aromatic carbocycles. The summed E-state index contributed by atoms with van der Waals surface area (Å²) in [6.45, 7) is 2.04. The fraction of sp³-hybridized carbons (Fsp3) is 0.308. The van der Waals surface area contributed by atoms with Crippen LogP contribution in [0.2, 0.25) is 0 Å². The maximum absolute atomic E-state index is 11.5. The van der Waals surface area contributed by atoms with E-state index in [1.165, 1.54) is 28.7 Å². The molecule has 0 unspecified atom stereocenters. The second-order valence-corrected chi connectivity index (χ2v) is 6.64. The van der Waals surface area contributed by atoms with Gasteiger partial charge in [0.15, 0.2) is 4.34 Å². The molecule has 5 nitrogen and oxygen atoms in total. The number of hydrogen-bond acceptors (Lipinski definition) is 6. The molecule has 0 fully saturated rings. The number of benzene rings is 1. The van der Waals surface area contributed by atoms with E-state index in [-0.39, 0.29) is 5.91 Å². The Balaban J connectivity index is 1.94. The first kappa shape index (κ1) is 14.8. The summed E-state index contributed by atoms with van der Waals surface area (Å²) in [7, 11) is 3.49. The van der Waals surface area contributed by atoms with Gasteiger partial charge in [-0.3, -0.25) is 4.79 Å². The first-order valence-electron chi connectivity index (χ1n) is 6.05. The Morgan fingerprint density at radius 2 is 2.20 bits per heavy atom. The van der Waals surface area contributed by atoms with Crippen molar-refractivity contribution in [1.82, 2.24) is 15.1 Å². The van der Waals surface area contributed by atoms with Crippen molar-refractivity contribution in [2.45, 2.75) is 11.3 Å². The molecule has 0 bridgehead atoms. The summed E-state index contributed by atoms with van der Waals surface area (Å²) in [4.78, 5) is 13.1. The number of hydrogen-bond donors (Lipinski definition) is 1. The van der Waals surface area contributed by atoms with E-state index in [0.29, 0.717) is 5.75 Å². The van der Waals surface area contributed by atoms with Crippen LogP contribution in [0.3, 0.4) is 0 Å². The van der Waals surface area contributed by atoms with Crippen LogP contribution in [0.5, 0.6) is 0 Å². The van der Waals surface area contributed by atoms with Gasteiger partial charge in [0, 0.05) is 19.8 Å². The highest BCUT2D eigenvalue weighted by atomic mass is 32.2. The summed E-state index contributed by atoms with van der Waals surface area (Å²) in [5.41, 5.74) is 2.17. The van der Waals surface area contributed by atoms with Gasteiger partial charge in [-0.1, -0.05) is 35.2 Å². The van der Waals surface area contributed by atoms with Gasteiger partial charge in [0.05, 0.1) is 5.75 Å². The number of carbonyl (C=O) groups excluding carboxylic acids is 1. The molecule has 0 saturated carbocycles. The van der Waals surface area contributed by atoms with Crippen LogP contribution in [-0.4, -0.2) is 40.9 Å². The van der Waals surface area contributed by atoms with Crippen LogP contribution in [0, 0.1) is 6.92 Å². The summed E-state index contributed by atoms with van der Waals surface area (Å²) in [5, 5.41) is 12.1. The van der Waals surface area contributed by atoms with Crippen LogP contribution in [0.25, 0.3) is 0 Å². The number of aromatic nitrogens is 2. The van der Waals surface area contributed by atoms with E-state index < -0.39 is 0 Å². The zero-order valence-electron chi connectivity index (χ0n) is 11.6. The molecular formula is C13H16N4OS2.